The van der Waals surface area contributed by atoms with Crippen LogP contribution in [0.3, 0.4) is 0 Å². The number of ether oxygens (including phenoxy) is 2. The van der Waals surface area contributed by atoms with Crippen molar-refractivity contribution in [2.75, 3.05) is 20.7 Å². The zero-order valence-corrected chi connectivity index (χ0v) is 16.4. The van der Waals surface area contributed by atoms with Gasteiger partial charge < -0.3 is 20.1 Å². The molecule has 1 aromatic carbocycles. The van der Waals surface area contributed by atoms with Crippen LogP contribution in [-0.2, 0) is 6.54 Å². The Balaban J connectivity index is 1.53. The molecule has 3 rings (SSSR count). The Morgan fingerprint density at radius 2 is 2.22 bits per heavy atom. The lowest BCUT2D eigenvalue weighted by Gasteiger charge is -2.25. The maximum atomic E-state index is 5.95. The van der Waals surface area contributed by atoms with Crippen molar-refractivity contribution in [3.05, 3.63) is 35.9 Å². The fraction of sp³-hybridized carbons (Fsp3) is 0.526. The largest absolute Gasteiger partial charge is 0.497 e. The normalized spacial score (nSPS) is 17.8. The van der Waals surface area contributed by atoms with Gasteiger partial charge in [0.25, 0.3) is 0 Å². The third-order valence-corrected chi connectivity index (χ3v) is 4.45. The highest BCUT2D eigenvalue weighted by molar-refractivity contribution is 5.80. The summed E-state index contributed by atoms with van der Waals surface area (Å²) in [6.45, 7) is 5.48. The van der Waals surface area contributed by atoms with E-state index < -0.39 is 0 Å². The number of fused-ring (bicyclic) bond motifs is 1. The van der Waals surface area contributed by atoms with E-state index >= 15 is 0 Å². The van der Waals surface area contributed by atoms with E-state index in [2.05, 4.69) is 25.7 Å². The maximum absolute atomic E-state index is 5.95. The molecule has 0 bridgehead atoms. The molecule has 1 aliphatic rings. The molecule has 2 atom stereocenters. The second-order valence-electron chi connectivity index (χ2n) is 6.64. The van der Waals surface area contributed by atoms with Crippen LogP contribution in [0.5, 0.6) is 11.5 Å². The minimum Gasteiger partial charge on any atom is -0.497 e. The van der Waals surface area contributed by atoms with Gasteiger partial charge in [-0.2, -0.15) is 5.10 Å². The van der Waals surface area contributed by atoms with Gasteiger partial charge in [-0.05, 0) is 38.8 Å². The van der Waals surface area contributed by atoms with Crippen LogP contribution in [-0.4, -0.2) is 47.5 Å². The second-order valence-corrected chi connectivity index (χ2v) is 6.64. The van der Waals surface area contributed by atoms with Gasteiger partial charge in [0.2, 0.25) is 0 Å². The Labute approximate surface area is 160 Å². The summed E-state index contributed by atoms with van der Waals surface area (Å²) in [5, 5.41) is 11.2. The summed E-state index contributed by atoms with van der Waals surface area (Å²) in [4.78, 5) is 8.89. The van der Waals surface area contributed by atoms with Crippen LogP contribution in [0.25, 0.3) is 0 Å². The Morgan fingerprint density at radius 3 is 3.00 bits per heavy atom. The molecule has 0 saturated carbocycles. The van der Waals surface area contributed by atoms with Gasteiger partial charge in [-0.25, -0.2) is 9.67 Å². The summed E-state index contributed by atoms with van der Waals surface area (Å²) in [7, 11) is 3.41. The van der Waals surface area contributed by atoms with Crippen molar-refractivity contribution in [2.45, 2.75) is 45.4 Å². The van der Waals surface area contributed by atoms with E-state index in [1.54, 1.807) is 14.2 Å². The van der Waals surface area contributed by atoms with Gasteiger partial charge in [0, 0.05) is 19.7 Å². The quantitative estimate of drug-likeness (QED) is 0.596. The molecule has 8 nitrogen and oxygen atoms in total. The first-order valence-corrected chi connectivity index (χ1v) is 9.28. The molecule has 2 N–H and O–H groups in total. The van der Waals surface area contributed by atoms with Crippen molar-refractivity contribution in [2.24, 2.45) is 4.99 Å². The molecule has 1 aliphatic heterocycles. The minimum atomic E-state index is -0.0343. The van der Waals surface area contributed by atoms with Crippen LogP contribution in [0.4, 0.5) is 0 Å². The number of aromatic nitrogens is 3. The number of nitrogens with zero attached hydrogens (tertiary/aromatic N) is 4. The summed E-state index contributed by atoms with van der Waals surface area (Å²) < 4.78 is 13.2. The number of methoxy groups -OCH3 is 1. The summed E-state index contributed by atoms with van der Waals surface area (Å²) in [6.07, 6.45) is 2.04. The monoisotopic (exact) mass is 372 g/mol. The number of rotatable bonds is 6. The van der Waals surface area contributed by atoms with E-state index in [9.17, 15) is 0 Å². The Morgan fingerprint density at radius 1 is 1.41 bits per heavy atom. The van der Waals surface area contributed by atoms with Crippen molar-refractivity contribution in [3.63, 3.8) is 0 Å². The van der Waals surface area contributed by atoms with E-state index in [1.165, 1.54) is 0 Å². The second kappa shape index (κ2) is 8.75. The summed E-state index contributed by atoms with van der Waals surface area (Å²) in [6, 6.07) is 7.72. The van der Waals surface area contributed by atoms with E-state index in [0.29, 0.717) is 6.54 Å². The SMILES string of the molecule is CN=C(NCC(C)Oc1cccc(OC)c1)NC1CCCn2nc(C)nc21. The highest BCUT2D eigenvalue weighted by Crippen LogP contribution is 2.23. The average Bonchev–Trinajstić information content (AvgIpc) is 3.06. The first-order chi connectivity index (χ1) is 13.1. The van der Waals surface area contributed by atoms with E-state index in [1.807, 2.05) is 42.8 Å². The first kappa shape index (κ1) is 19.0. The number of aliphatic imine (C=N–C) groups is 1. The fourth-order valence-electron chi connectivity index (χ4n) is 3.15. The molecule has 0 radical (unpaired) electrons. The third kappa shape index (κ3) is 4.90. The molecule has 0 fully saturated rings. The molecule has 0 saturated heterocycles. The van der Waals surface area contributed by atoms with Gasteiger partial charge in [0.05, 0.1) is 19.7 Å². The van der Waals surface area contributed by atoms with Crippen molar-refractivity contribution >= 4 is 5.96 Å². The van der Waals surface area contributed by atoms with Gasteiger partial charge in [-0.3, -0.25) is 4.99 Å². The zero-order chi connectivity index (χ0) is 19.2. The van der Waals surface area contributed by atoms with Crippen molar-refractivity contribution < 1.29 is 9.47 Å². The Bertz CT molecular complexity index is 788. The lowest BCUT2D eigenvalue weighted by molar-refractivity contribution is 0.222. The molecule has 27 heavy (non-hydrogen) atoms. The molecule has 1 aromatic heterocycles. The van der Waals surface area contributed by atoms with Gasteiger partial charge in [0.1, 0.15) is 29.3 Å². The minimum absolute atomic E-state index is 0.0343. The summed E-state index contributed by atoms with van der Waals surface area (Å²) >= 11 is 0. The smallest absolute Gasteiger partial charge is 0.191 e. The van der Waals surface area contributed by atoms with Crippen molar-refractivity contribution in [1.29, 1.82) is 0 Å². The first-order valence-electron chi connectivity index (χ1n) is 9.28. The predicted octanol–water partition coefficient (Wildman–Crippen LogP) is 2.06. The number of nitrogens with one attached hydrogen (secondary N) is 2. The molecular formula is C19H28N6O2. The summed E-state index contributed by atoms with van der Waals surface area (Å²) in [5.74, 6) is 4.07. The van der Waals surface area contributed by atoms with Crippen LogP contribution >= 0.6 is 0 Å². The van der Waals surface area contributed by atoms with Gasteiger partial charge >= 0.3 is 0 Å². The average molecular weight is 372 g/mol. The highest BCUT2D eigenvalue weighted by Gasteiger charge is 2.24. The van der Waals surface area contributed by atoms with Crippen molar-refractivity contribution in [3.8, 4) is 11.5 Å². The zero-order valence-electron chi connectivity index (χ0n) is 16.4. The number of aryl methyl sites for hydroxylation is 2. The highest BCUT2D eigenvalue weighted by atomic mass is 16.5. The molecule has 0 spiro atoms. The van der Waals surface area contributed by atoms with Gasteiger partial charge in [0.15, 0.2) is 5.96 Å². The molecule has 2 heterocycles. The molecule has 0 amide bonds. The molecule has 2 unspecified atom stereocenters. The van der Waals surface area contributed by atoms with Crippen LogP contribution in [0.15, 0.2) is 29.3 Å². The van der Waals surface area contributed by atoms with Crippen LogP contribution in [0.2, 0.25) is 0 Å². The lowest BCUT2D eigenvalue weighted by Crippen LogP contribution is -2.44. The summed E-state index contributed by atoms with van der Waals surface area (Å²) in [5.41, 5.74) is 0. The Kier molecular flexibility index (Phi) is 6.16. The lowest BCUT2D eigenvalue weighted by atomic mass is 10.1. The van der Waals surface area contributed by atoms with Crippen LogP contribution in [0, 0.1) is 6.92 Å². The standard InChI is InChI=1S/C19H28N6O2/c1-13(27-16-8-5-7-15(11-16)26-4)12-21-19(20-3)23-17-9-6-10-25-18(17)22-14(2)24-25/h5,7-8,11,13,17H,6,9-10,12H2,1-4H3,(H2,20,21,23). The topological polar surface area (TPSA) is 85.6 Å². The number of guanidine groups is 1. The van der Waals surface area contributed by atoms with Gasteiger partial charge in [-0.1, -0.05) is 6.07 Å². The van der Waals surface area contributed by atoms with E-state index in [-0.39, 0.29) is 12.1 Å². The number of benzene rings is 1. The van der Waals surface area contributed by atoms with E-state index in [4.69, 9.17) is 9.47 Å². The molecule has 2 aromatic rings. The number of hydrogen-bond donors (Lipinski definition) is 2. The Hall–Kier alpha value is -2.77. The molecule has 8 heteroatoms. The van der Waals surface area contributed by atoms with Crippen LogP contribution < -0.4 is 20.1 Å². The maximum Gasteiger partial charge on any atom is 0.191 e. The molecule has 0 aliphatic carbocycles. The van der Waals surface area contributed by atoms with Crippen molar-refractivity contribution in [1.82, 2.24) is 25.4 Å². The fourth-order valence-corrected chi connectivity index (χ4v) is 3.15. The molecule has 146 valence electrons. The predicted molar refractivity (Wildman–Crippen MR) is 104 cm³/mol. The number of hydrogen-bond acceptors (Lipinski definition) is 5. The van der Waals surface area contributed by atoms with Crippen LogP contribution in [0.1, 0.15) is 37.5 Å². The van der Waals surface area contributed by atoms with E-state index in [0.717, 1.165) is 48.5 Å². The van der Waals surface area contributed by atoms with Gasteiger partial charge in [-0.15, -0.1) is 0 Å². The molecular weight excluding hydrogens is 344 g/mol. The third-order valence-electron chi connectivity index (χ3n) is 4.45.